The molecule has 0 aromatic rings. The summed E-state index contributed by atoms with van der Waals surface area (Å²) in [6, 6.07) is 0.701. The molecule has 1 N–H and O–H groups in total. The van der Waals surface area contributed by atoms with Crippen molar-refractivity contribution in [3.63, 3.8) is 0 Å². The Bertz CT molecular complexity index is 108. The Kier molecular flexibility index (Phi) is 3.83. The molecule has 11 heavy (non-hydrogen) atoms. The van der Waals surface area contributed by atoms with Crippen LogP contribution in [0.1, 0.15) is 6.42 Å². The van der Waals surface area contributed by atoms with E-state index in [4.69, 9.17) is 4.74 Å². The van der Waals surface area contributed by atoms with Crippen LogP contribution in [0.2, 0.25) is 0 Å². The molecule has 0 saturated carbocycles. The topological polar surface area (TPSA) is 24.5 Å². The number of ether oxygens (including phenoxy) is 1. The van der Waals surface area contributed by atoms with E-state index in [2.05, 4.69) is 10.2 Å². The summed E-state index contributed by atoms with van der Waals surface area (Å²) in [4.78, 5) is 2.44. The van der Waals surface area contributed by atoms with Gasteiger partial charge in [0.25, 0.3) is 0 Å². The molecule has 0 aromatic carbocycles. The lowest BCUT2D eigenvalue weighted by Gasteiger charge is -2.14. The molecular weight excluding hydrogens is 140 g/mol. The zero-order chi connectivity index (χ0) is 8.10. The van der Waals surface area contributed by atoms with Crippen LogP contribution in [0, 0.1) is 0 Å². The van der Waals surface area contributed by atoms with E-state index in [0.717, 1.165) is 13.2 Å². The van der Waals surface area contributed by atoms with Crippen molar-refractivity contribution in [1.29, 1.82) is 0 Å². The SMILES string of the molecule is CNC1CCN(CCOC)C1. The Morgan fingerprint density at radius 3 is 3.00 bits per heavy atom. The van der Waals surface area contributed by atoms with Crippen molar-refractivity contribution in [1.82, 2.24) is 10.2 Å². The molecule has 1 saturated heterocycles. The zero-order valence-electron chi connectivity index (χ0n) is 7.47. The Labute approximate surface area is 68.7 Å². The van der Waals surface area contributed by atoms with Gasteiger partial charge in [-0.1, -0.05) is 0 Å². The van der Waals surface area contributed by atoms with Gasteiger partial charge in [0.15, 0.2) is 0 Å². The van der Waals surface area contributed by atoms with E-state index in [9.17, 15) is 0 Å². The van der Waals surface area contributed by atoms with E-state index in [0.29, 0.717) is 6.04 Å². The Morgan fingerprint density at radius 1 is 1.64 bits per heavy atom. The highest BCUT2D eigenvalue weighted by Gasteiger charge is 2.19. The minimum atomic E-state index is 0.701. The standard InChI is InChI=1S/C8H18N2O/c1-9-8-3-4-10(7-8)5-6-11-2/h8-9H,3-7H2,1-2H3. The molecular formula is C8H18N2O. The van der Waals surface area contributed by atoms with Gasteiger partial charge in [-0.25, -0.2) is 0 Å². The maximum atomic E-state index is 5.01. The summed E-state index contributed by atoms with van der Waals surface area (Å²) in [5, 5.41) is 3.29. The predicted octanol–water partition coefficient (Wildman–Crippen LogP) is -0.0735. The first-order chi connectivity index (χ1) is 5.36. The lowest BCUT2D eigenvalue weighted by Crippen LogP contribution is -2.31. The van der Waals surface area contributed by atoms with E-state index in [1.165, 1.54) is 19.5 Å². The highest BCUT2D eigenvalue weighted by atomic mass is 16.5. The lowest BCUT2D eigenvalue weighted by atomic mass is 10.3. The molecule has 1 aliphatic heterocycles. The van der Waals surface area contributed by atoms with Crippen molar-refractivity contribution < 1.29 is 4.74 Å². The first-order valence-electron chi connectivity index (χ1n) is 4.25. The molecule has 0 bridgehead atoms. The quantitative estimate of drug-likeness (QED) is 0.619. The predicted molar refractivity (Wildman–Crippen MR) is 45.8 cm³/mol. The highest BCUT2D eigenvalue weighted by molar-refractivity contribution is 4.79. The molecule has 0 radical (unpaired) electrons. The van der Waals surface area contributed by atoms with Crippen LogP contribution in [0.25, 0.3) is 0 Å². The molecule has 1 unspecified atom stereocenters. The third-order valence-corrected chi connectivity index (χ3v) is 2.29. The second-order valence-corrected chi connectivity index (χ2v) is 3.07. The number of likely N-dealkylation sites (tertiary alicyclic amines) is 1. The van der Waals surface area contributed by atoms with Gasteiger partial charge in [-0.3, -0.25) is 4.90 Å². The fraction of sp³-hybridized carbons (Fsp3) is 1.00. The van der Waals surface area contributed by atoms with Gasteiger partial charge >= 0.3 is 0 Å². The molecule has 0 aliphatic carbocycles. The van der Waals surface area contributed by atoms with Crippen LogP contribution in [0.5, 0.6) is 0 Å². The molecule has 1 atom stereocenters. The molecule has 0 aromatic heterocycles. The molecule has 66 valence electrons. The van der Waals surface area contributed by atoms with Crippen LogP contribution < -0.4 is 5.32 Å². The van der Waals surface area contributed by atoms with Gasteiger partial charge in [0.2, 0.25) is 0 Å². The summed E-state index contributed by atoms with van der Waals surface area (Å²) >= 11 is 0. The summed E-state index contributed by atoms with van der Waals surface area (Å²) in [7, 11) is 3.79. The van der Waals surface area contributed by atoms with Crippen LogP contribution in [-0.2, 0) is 4.74 Å². The highest BCUT2D eigenvalue weighted by Crippen LogP contribution is 2.07. The third-order valence-electron chi connectivity index (χ3n) is 2.29. The van der Waals surface area contributed by atoms with Crippen molar-refractivity contribution in [3.05, 3.63) is 0 Å². The average molecular weight is 158 g/mol. The van der Waals surface area contributed by atoms with E-state index >= 15 is 0 Å². The van der Waals surface area contributed by atoms with Crippen LogP contribution in [0.4, 0.5) is 0 Å². The van der Waals surface area contributed by atoms with Crippen molar-refractivity contribution in [3.8, 4) is 0 Å². The van der Waals surface area contributed by atoms with Gasteiger partial charge in [0.1, 0.15) is 0 Å². The second-order valence-electron chi connectivity index (χ2n) is 3.07. The van der Waals surface area contributed by atoms with Crippen molar-refractivity contribution in [2.24, 2.45) is 0 Å². The van der Waals surface area contributed by atoms with Crippen molar-refractivity contribution in [2.45, 2.75) is 12.5 Å². The van der Waals surface area contributed by atoms with E-state index in [1.807, 2.05) is 7.05 Å². The van der Waals surface area contributed by atoms with Gasteiger partial charge in [-0.2, -0.15) is 0 Å². The summed E-state index contributed by atoms with van der Waals surface area (Å²) in [6.07, 6.45) is 1.28. The Morgan fingerprint density at radius 2 is 2.45 bits per heavy atom. The lowest BCUT2D eigenvalue weighted by molar-refractivity contribution is 0.160. The maximum Gasteiger partial charge on any atom is 0.0589 e. The van der Waals surface area contributed by atoms with Crippen molar-refractivity contribution in [2.75, 3.05) is 40.4 Å². The zero-order valence-corrected chi connectivity index (χ0v) is 7.47. The first kappa shape index (κ1) is 8.97. The molecule has 1 fully saturated rings. The van der Waals surface area contributed by atoms with Crippen LogP contribution >= 0.6 is 0 Å². The van der Waals surface area contributed by atoms with E-state index < -0.39 is 0 Å². The fourth-order valence-corrected chi connectivity index (χ4v) is 1.49. The molecule has 0 amide bonds. The third kappa shape index (κ3) is 2.77. The molecule has 1 rings (SSSR count). The summed E-state index contributed by atoms with van der Waals surface area (Å²) in [6.45, 7) is 4.33. The fourth-order valence-electron chi connectivity index (χ4n) is 1.49. The van der Waals surface area contributed by atoms with Gasteiger partial charge in [0.05, 0.1) is 6.61 Å². The minimum Gasteiger partial charge on any atom is -0.383 e. The summed E-state index contributed by atoms with van der Waals surface area (Å²) in [5.74, 6) is 0. The maximum absolute atomic E-state index is 5.01. The Balaban J connectivity index is 2.09. The minimum absolute atomic E-state index is 0.701. The summed E-state index contributed by atoms with van der Waals surface area (Å²) < 4.78 is 5.01. The van der Waals surface area contributed by atoms with Crippen LogP contribution in [0.15, 0.2) is 0 Å². The number of nitrogens with zero attached hydrogens (tertiary/aromatic N) is 1. The average Bonchev–Trinajstić information content (AvgIpc) is 2.48. The molecule has 3 heteroatoms. The smallest absolute Gasteiger partial charge is 0.0589 e. The monoisotopic (exact) mass is 158 g/mol. The molecule has 3 nitrogen and oxygen atoms in total. The number of methoxy groups -OCH3 is 1. The van der Waals surface area contributed by atoms with E-state index in [1.54, 1.807) is 7.11 Å². The number of likely N-dealkylation sites (N-methyl/N-ethyl adjacent to an activating group) is 1. The molecule has 1 aliphatic rings. The van der Waals surface area contributed by atoms with Gasteiger partial charge in [0, 0.05) is 26.2 Å². The van der Waals surface area contributed by atoms with Gasteiger partial charge in [-0.15, -0.1) is 0 Å². The van der Waals surface area contributed by atoms with Gasteiger partial charge in [-0.05, 0) is 20.0 Å². The second kappa shape index (κ2) is 4.70. The van der Waals surface area contributed by atoms with Crippen LogP contribution in [-0.4, -0.2) is 51.3 Å². The van der Waals surface area contributed by atoms with E-state index in [-0.39, 0.29) is 0 Å². The first-order valence-corrected chi connectivity index (χ1v) is 4.25. The molecule has 0 spiro atoms. The normalized spacial score (nSPS) is 26.2. The Hall–Kier alpha value is -0.120. The summed E-state index contributed by atoms with van der Waals surface area (Å²) in [5.41, 5.74) is 0. The molecule has 1 heterocycles. The van der Waals surface area contributed by atoms with Crippen LogP contribution in [0.3, 0.4) is 0 Å². The number of rotatable bonds is 4. The largest absolute Gasteiger partial charge is 0.383 e. The van der Waals surface area contributed by atoms with Crippen molar-refractivity contribution >= 4 is 0 Å². The van der Waals surface area contributed by atoms with Gasteiger partial charge < -0.3 is 10.1 Å². The number of nitrogens with one attached hydrogen (secondary N) is 1. The number of hydrogen-bond donors (Lipinski definition) is 1. The number of hydrogen-bond acceptors (Lipinski definition) is 3.